The van der Waals surface area contributed by atoms with Crippen molar-refractivity contribution in [3.63, 3.8) is 0 Å². The number of amides is 1. The number of hydrogen-bond donors (Lipinski definition) is 3. The van der Waals surface area contributed by atoms with Gasteiger partial charge in [-0.05, 0) is 32.9 Å². The van der Waals surface area contributed by atoms with Gasteiger partial charge in [0.05, 0.1) is 6.54 Å². The zero-order valence-electron chi connectivity index (χ0n) is 15.3. The Labute approximate surface area is 167 Å². The predicted octanol–water partition coefficient (Wildman–Crippen LogP) is 2.37. The lowest BCUT2D eigenvalue weighted by Crippen LogP contribution is -2.43. The number of ether oxygens (including phenoxy) is 2. The third kappa shape index (κ3) is 12.3. The van der Waals surface area contributed by atoms with Crippen molar-refractivity contribution in [1.29, 1.82) is 0 Å². The minimum Gasteiger partial charge on any atom is -0.492 e. The lowest BCUT2D eigenvalue weighted by molar-refractivity contribution is 0.0529. The maximum absolute atomic E-state index is 11.5. The van der Waals surface area contributed by atoms with E-state index in [2.05, 4.69) is 20.9 Å². The van der Waals surface area contributed by atoms with E-state index in [9.17, 15) is 4.79 Å². The molecule has 3 N–H and O–H groups in total. The van der Waals surface area contributed by atoms with Crippen molar-refractivity contribution in [1.82, 2.24) is 16.0 Å². The van der Waals surface area contributed by atoms with Crippen LogP contribution >= 0.6 is 24.0 Å². The zero-order chi connectivity index (χ0) is 17.8. The Kier molecular flexibility index (Phi) is 11.8. The summed E-state index contributed by atoms with van der Waals surface area (Å²) < 4.78 is 10.7. The number of alkyl carbamates (subject to hydrolysis) is 1. The number of aliphatic imine (C=N–C) groups is 1. The molecule has 0 atom stereocenters. The van der Waals surface area contributed by atoms with Crippen LogP contribution in [0.5, 0.6) is 5.75 Å². The second kappa shape index (κ2) is 12.6. The zero-order valence-corrected chi connectivity index (χ0v) is 17.6. The Morgan fingerprint density at radius 1 is 1.04 bits per heavy atom. The molecule has 0 bridgehead atoms. The molecule has 1 aromatic rings. The van der Waals surface area contributed by atoms with E-state index in [0.29, 0.717) is 32.2 Å². The van der Waals surface area contributed by atoms with E-state index in [-0.39, 0.29) is 24.0 Å². The SMILES string of the molecule is CN=C(NCCNC(=O)OC(C)(C)C)NCCOc1ccccc1.I. The van der Waals surface area contributed by atoms with Crippen LogP contribution < -0.4 is 20.7 Å². The van der Waals surface area contributed by atoms with Crippen LogP contribution in [0.2, 0.25) is 0 Å². The fourth-order valence-electron chi connectivity index (χ4n) is 1.74. The smallest absolute Gasteiger partial charge is 0.407 e. The van der Waals surface area contributed by atoms with Gasteiger partial charge in [0.25, 0.3) is 0 Å². The van der Waals surface area contributed by atoms with Crippen molar-refractivity contribution in [2.45, 2.75) is 26.4 Å². The molecule has 25 heavy (non-hydrogen) atoms. The van der Waals surface area contributed by atoms with Crippen molar-refractivity contribution >= 4 is 36.0 Å². The first-order valence-corrected chi connectivity index (χ1v) is 8.00. The highest BCUT2D eigenvalue weighted by molar-refractivity contribution is 14.0. The van der Waals surface area contributed by atoms with Crippen molar-refractivity contribution in [2.75, 3.05) is 33.3 Å². The van der Waals surface area contributed by atoms with Crippen LogP contribution in [0.25, 0.3) is 0 Å². The Morgan fingerprint density at radius 3 is 2.24 bits per heavy atom. The summed E-state index contributed by atoms with van der Waals surface area (Å²) >= 11 is 0. The summed E-state index contributed by atoms with van der Waals surface area (Å²) in [6, 6.07) is 9.63. The van der Waals surface area contributed by atoms with Gasteiger partial charge in [0.2, 0.25) is 0 Å². The highest BCUT2D eigenvalue weighted by Crippen LogP contribution is 2.07. The molecule has 142 valence electrons. The summed E-state index contributed by atoms with van der Waals surface area (Å²) in [6.45, 7) is 7.61. The number of guanidine groups is 1. The standard InChI is InChI=1S/C17H28N4O3.HI/c1-17(2,3)24-16(22)21-11-10-19-15(18-4)20-12-13-23-14-8-6-5-7-9-14;/h5-9H,10-13H2,1-4H3,(H,21,22)(H2,18,19,20);1H. The van der Waals surface area contributed by atoms with E-state index in [1.54, 1.807) is 7.05 Å². The van der Waals surface area contributed by atoms with Crippen LogP contribution in [-0.2, 0) is 4.74 Å². The molecular weight excluding hydrogens is 435 g/mol. The van der Waals surface area contributed by atoms with Crippen LogP contribution in [0.3, 0.4) is 0 Å². The molecule has 0 radical (unpaired) electrons. The van der Waals surface area contributed by atoms with E-state index in [1.807, 2.05) is 51.1 Å². The summed E-state index contributed by atoms with van der Waals surface area (Å²) in [4.78, 5) is 15.6. The van der Waals surface area contributed by atoms with Crippen molar-refractivity contribution in [3.05, 3.63) is 30.3 Å². The van der Waals surface area contributed by atoms with E-state index in [0.717, 1.165) is 5.75 Å². The van der Waals surface area contributed by atoms with Gasteiger partial charge in [-0.15, -0.1) is 24.0 Å². The molecule has 8 heteroatoms. The fourth-order valence-corrected chi connectivity index (χ4v) is 1.74. The first-order chi connectivity index (χ1) is 11.4. The normalized spacial score (nSPS) is 11.1. The van der Waals surface area contributed by atoms with Gasteiger partial charge in [0, 0.05) is 20.1 Å². The quantitative estimate of drug-likeness (QED) is 0.250. The third-order valence-electron chi connectivity index (χ3n) is 2.72. The average Bonchev–Trinajstić information content (AvgIpc) is 2.52. The maximum atomic E-state index is 11.5. The van der Waals surface area contributed by atoms with Gasteiger partial charge in [-0.3, -0.25) is 4.99 Å². The second-order valence-electron chi connectivity index (χ2n) is 6.02. The van der Waals surface area contributed by atoms with Gasteiger partial charge in [-0.2, -0.15) is 0 Å². The Hall–Kier alpha value is -1.71. The van der Waals surface area contributed by atoms with E-state index < -0.39 is 11.7 Å². The molecule has 0 aliphatic rings. The average molecular weight is 464 g/mol. The summed E-state index contributed by atoms with van der Waals surface area (Å²) in [5.41, 5.74) is -0.492. The number of halogens is 1. The topological polar surface area (TPSA) is 84.0 Å². The van der Waals surface area contributed by atoms with Crippen LogP contribution in [0.15, 0.2) is 35.3 Å². The van der Waals surface area contributed by atoms with E-state index in [4.69, 9.17) is 9.47 Å². The number of nitrogens with zero attached hydrogens (tertiary/aromatic N) is 1. The van der Waals surface area contributed by atoms with Gasteiger partial charge in [-0.25, -0.2) is 4.79 Å². The van der Waals surface area contributed by atoms with Crippen molar-refractivity contribution in [2.24, 2.45) is 4.99 Å². The Morgan fingerprint density at radius 2 is 1.64 bits per heavy atom. The molecule has 0 aromatic heterocycles. The number of carbonyl (C=O) groups is 1. The molecule has 0 saturated heterocycles. The van der Waals surface area contributed by atoms with Crippen LogP contribution in [0, 0.1) is 0 Å². The molecular formula is C17H29IN4O3. The molecule has 1 aromatic carbocycles. The summed E-state index contributed by atoms with van der Waals surface area (Å²) in [5, 5.41) is 8.91. The van der Waals surface area contributed by atoms with Gasteiger partial charge in [-0.1, -0.05) is 18.2 Å². The highest BCUT2D eigenvalue weighted by atomic mass is 127. The Balaban J connectivity index is 0.00000576. The molecule has 0 heterocycles. The highest BCUT2D eigenvalue weighted by Gasteiger charge is 2.15. The molecule has 1 amide bonds. The number of hydrogen-bond acceptors (Lipinski definition) is 4. The fraction of sp³-hybridized carbons (Fsp3) is 0.529. The third-order valence-corrected chi connectivity index (χ3v) is 2.72. The van der Waals surface area contributed by atoms with Crippen molar-refractivity contribution in [3.8, 4) is 5.75 Å². The van der Waals surface area contributed by atoms with Gasteiger partial charge in [0.1, 0.15) is 18.0 Å². The number of carbonyl (C=O) groups excluding carboxylic acids is 1. The lowest BCUT2D eigenvalue weighted by atomic mass is 10.2. The van der Waals surface area contributed by atoms with Crippen LogP contribution in [0.4, 0.5) is 4.79 Å². The number of para-hydroxylation sites is 1. The second-order valence-corrected chi connectivity index (χ2v) is 6.02. The summed E-state index contributed by atoms with van der Waals surface area (Å²) in [5.74, 6) is 1.49. The van der Waals surface area contributed by atoms with Crippen LogP contribution in [-0.4, -0.2) is 50.9 Å². The molecule has 0 unspecified atom stereocenters. The first kappa shape index (κ1) is 23.3. The monoisotopic (exact) mass is 464 g/mol. The maximum Gasteiger partial charge on any atom is 0.407 e. The van der Waals surface area contributed by atoms with E-state index in [1.165, 1.54) is 0 Å². The molecule has 0 saturated carbocycles. The minimum atomic E-state index is -0.492. The number of rotatable bonds is 7. The molecule has 7 nitrogen and oxygen atoms in total. The van der Waals surface area contributed by atoms with Gasteiger partial charge >= 0.3 is 6.09 Å². The minimum absolute atomic E-state index is 0. The summed E-state index contributed by atoms with van der Waals surface area (Å²) in [7, 11) is 1.69. The van der Waals surface area contributed by atoms with E-state index >= 15 is 0 Å². The molecule has 0 spiro atoms. The molecule has 0 fully saturated rings. The van der Waals surface area contributed by atoms with Crippen LogP contribution in [0.1, 0.15) is 20.8 Å². The predicted molar refractivity (Wildman–Crippen MR) is 111 cm³/mol. The molecule has 0 aliphatic carbocycles. The Bertz CT molecular complexity index is 518. The van der Waals surface area contributed by atoms with Gasteiger partial charge in [0.15, 0.2) is 5.96 Å². The number of nitrogens with one attached hydrogen (secondary N) is 3. The van der Waals surface area contributed by atoms with Gasteiger partial charge < -0.3 is 25.4 Å². The largest absolute Gasteiger partial charge is 0.492 e. The molecule has 1 rings (SSSR count). The molecule has 0 aliphatic heterocycles. The lowest BCUT2D eigenvalue weighted by Gasteiger charge is -2.19. The number of benzene rings is 1. The van der Waals surface area contributed by atoms with Crippen molar-refractivity contribution < 1.29 is 14.3 Å². The first-order valence-electron chi connectivity index (χ1n) is 8.00. The summed E-state index contributed by atoms with van der Waals surface area (Å²) in [6.07, 6.45) is -0.427.